The highest BCUT2D eigenvalue weighted by atomic mass is 32.2. The average Bonchev–Trinajstić information content (AvgIpc) is 3.43. The van der Waals surface area contributed by atoms with Gasteiger partial charge >= 0.3 is 0 Å². The molecule has 34 heavy (non-hydrogen) atoms. The topological polar surface area (TPSA) is 49.3 Å². The molecule has 1 aliphatic carbocycles. The van der Waals surface area contributed by atoms with Gasteiger partial charge in [-0.25, -0.2) is 14.4 Å². The summed E-state index contributed by atoms with van der Waals surface area (Å²) in [6, 6.07) is 16.8. The van der Waals surface area contributed by atoms with Crippen LogP contribution in [0.15, 0.2) is 60.8 Å². The lowest BCUT2D eigenvalue weighted by molar-refractivity contribution is 0.0664. The number of amides is 1. The predicted octanol–water partition coefficient (Wildman–Crippen LogP) is 5.42. The summed E-state index contributed by atoms with van der Waals surface area (Å²) in [6.07, 6.45) is 5.81. The SMILES string of the molecule is O=C(c1cnc(N2CCSCC2)nc1-c1ccccc1F)N(Cc1ccccc1)C1CCCC1. The van der Waals surface area contributed by atoms with Gasteiger partial charge < -0.3 is 9.80 Å². The molecule has 3 aromatic rings. The maximum atomic E-state index is 14.9. The van der Waals surface area contributed by atoms with Crippen molar-refractivity contribution in [1.82, 2.24) is 14.9 Å². The zero-order chi connectivity index (χ0) is 23.3. The number of rotatable bonds is 6. The molecule has 1 aromatic heterocycles. The number of hydrogen-bond acceptors (Lipinski definition) is 5. The van der Waals surface area contributed by atoms with Gasteiger partial charge in [0.05, 0.1) is 11.3 Å². The van der Waals surface area contributed by atoms with E-state index in [0.717, 1.165) is 55.8 Å². The van der Waals surface area contributed by atoms with Gasteiger partial charge in [0.1, 0.15) is 5.82 Å². The van der Waals surface area contributed by atoms with Crippen LogP contribution in [0.2, 0.25) is 0 Å². The van der Waals surface area contributed by atoms with Gasteiger partial charge in [0.25, 0.3) is 5.91 Å². The third-order valence-corrected chi connectivity index (χ3v) is 7.59. The Hall–Kier alpha value is -2.93. The Balaban J connectivity index is 1.56. The summed E-state index contributed by atoms with van der Waals surface area (Å²) in [7, 11) is 0. The van der Waals surface area contributed by atoms with Crippen LogP contribution in [0.25, 0.3) is 11.3 Å². The van der Waals surface area contributed by atoms with Crippen LogP contribution < -0.4 is 4.90 Å². The largest absolute Gasteiger partial charge is 0.339 e. The quantitative estimate of drug-likeness (QED) is 0.475. The van der Waals surface area contributed by atoms with E-state index < -0.39 is 0 Å². The van der Waals surface area contributed by atoms with E-state index in [0.29, 0.717) is 29.3 Å². The molecule has 176 valence electrons. The Morgan fingerprint density at radius 3 is 2.47 bits per heavy atom. The second-order valence-corrected chi connectivity index (χ2v) is 10.1. The van der Waals surface area contributed by atoms with Crippen LogP contribution in [0.4, 0.5) is 10.3 Å². The number of aromatic nitrogens is 2. The first-order chi connectivity index (χ1) is 16.7. The molecule has 1 saturated carbocycles. The first-order valence-corrected chi connectivity index (χ1v) is 13.2. The molecule has 0 N–H and O–H groups in total. The summed E-state index contributed by atoms with van der Waals surface area (Å²) in [5, 5.41) is 0. The van der Waals surface area contributed by atoms with Crippen molar-refractivity contribution in [2.75, 3.05) is 29.5 Å². The van der Waals surface area contributed by atoms with Crippen LogP contribution in [0.5, 0.6) is 0 Å². The maximum absolute atomic E-state index is 14.9. The molecule has 0 spiro atoms. The lowest BCUT2D eigenvalue weighted by Gasteiger charge is -2.30. The summed E-state index contributed by atoms with van der Waals surface area (Å²) in [4.78, 5) is 27.5. The summed E-state index contributed by atoms with van der Waals surface area (Å²) in [5.41, 5.74) is 2.16. The minimum absolute atomic E-state index is 0.130. The minimum Gasteiger partial charge on any atom is -0.339 e. The summed E-state index contributed by atoms with van der Waals surface area (Å²) >= 11 is 1.91. The van der Waals surface area contributed by atoms with Crippen LogP contribution >= 0.6 is 11.8 Å². The number of thioether (sulfide) groups is 1. The second kappa shape index (κ2) is 10.6. The smallest absolute Gasteiger partial charge is 0.258 e. The van der Waals surface area contributed by atoms with E-state index in [2.05, 4.69) is 9.88 Å². The molecule has 1 aliphatic heterocycles. The normalized spacial score (nSPS) is 16.6. The van der Waals surface area contributed by atoms with Crippen LogP contribution in [0, 0.1) is 5.82 Å². The molecule has 0 atom stereocenters. The Morgan fingerprint density at radius 2 is 1.74 bits per heavy atom. The number of carbonyl (C=O) groups is 1. The Bertz CT molecular complexity index is 1130. The van der Waals surface area contributed by atoms with Gasteiger partial charge in [-0.15, -0.1) is 0 Å². The molecule has 0 radical (unpaired) electrons. The van der Waals surface area contributed by atoms with Gasteiger partial charge in [-0.3, -0.25) is 4.79 Å². The number of hydrogen-bond donors (Lipinski definition) is 0. The van der Waals surface area contributed by atoms with E-state index in [1.807, 2.05) is 47.0 Å². The molecular formula is C27H29FN4OS. The van der Waals surface area contributed by atoms with Crippen LogP contribution in [-0.4, -0.2) is 51.4 Å². The first kappa shape index (κ1) is 22.8. The molecule has 2 aliphatic rings. The third kappa shape index (κ3) is 4.94. The van der Waals surface area contributed by atoms with Crippen molar-refractivity contribution in [2.24, 2.45) is 0 Å². The molecule has 7 heteroatoms. The Labute approximate surface area is 204 Å². The van der Waals surface area contributed by atoms with Crippen molar-refractivity contribution >= 4 is 23.6 Å². The number of benzene rings is 2. The van der Waals surface area contributed by atoms with Gasteiger partial charge in [-0.1, -0.05) is 55.3 Å². The molecule has 0 bridgehead atoms. The monoisotopic (exact) mass is 476 g/mol. The number of nitrogens with zero attached hydrogens (tertiary/aromatic N) is 4. The van der Waals surface area contributed by atoms with Crippen molar-refractivity contribution < 1.29 is 9.18 Å². The summed E-state index contributed by atoms with van der Waals surface area (Å²) < 4.78 is 14.9. The van der Waals surface area contributed by atoms with E-state index in [1.165, 1.54) is 6.07 Å². The second-order valence-electron chi connectivity index (χ2n) is 8.87. The molecule has 0 unspecified atom stereocenters. The molecule has 5 nitrogen and oxygen atoms in total. The standard InChI is InChI=1S/C27H29FN4OS/c28-24-13-7-6-12-22(24)25-23(18-29-27(30-25)31-14-16-34-17-15-31)26(33)32(21-10-4-5-11-21)19-20-8-2-1-3-9-20/h1-3,6-9,12-13,18,21H,4-5,10-11,14-17,19H2. The first-order valence-electron chi connectivity index (χ1n) is 12.0. The van der Waals surface area contributed by atoms with E-state index in [1.54, 1.807) is 24.4 Å². The molecule has 1 amide bonds. The lowest BCUT2D eigenvalue weighted by Crippen LogP contribution is -2.39. The zero-order valence-electron chi connectivity index (χ0n) is 19.2. The Morgan fingerprint density at radius 1 is 1.03 bits per heavy atom. The fraction of sp³-hybridized carbons (Fsp3) is 0.370. The van der Waals surface area contributed by atoms with E-state index in [4.69, 9.17) is 4.98 Å². The van der Waals surface area contributed by atoms with Crippen molar-refractivity contribution in [3.8, 4) is 11.3 Å². The van der Waals surface area contributed by atoms with Crippen molar-refractivity contribution in [2.45, 2.75) is 38.3 Å². The van der Waals surface area contributed by atoms with Crippen LogP contribution in [0.1, 0.15) is 41.6 Å². The van der Waals surface area contributed by atoms with Crippen LogP contribution in [-0.2, 0) is 6.54 Å². The number of anilines is 1. The highest BCUT2D eigenvalue weighted by Crippen LogP contribution is 2.31. The van der Waals surface area contributed by atoms with Gasteiger partial charge in [-0.05, 0) is 30.5 Å². The fourth-order valence-corrected chi connectivity index (χ4v) is 5.72. The zero-order valence-corrected chi connectivity index (χ0v) is 20.0. The Kier molecular flexibility index (Phi) is 7.09. The van der Waals surface area contributed by atoms with Crippen molar-refractivity contribution in [3.05, 3.63) is 77.7 Å². The minimum atomic E-state index is -0.383. The predicted molar refractivity (Wildman–Crippen MR) is 136 cm³/mol. The molecule has 2 fully saturated rings. The number of carbonyl (C=O) groups excluding carboxylic acids is 1. The molecule has 2 aromatic carbocycles. The maximum Gasteiger partial charge on any atom is 0.258 e. The number of halogens is 1. The highest BCUT2D eigenvalue weighted by Gasteiger charge is 2.31. The molecular weight excluding hydrogens is 447 g/mol. The molecule has 2 heterocycles. The lowest BCUT2D eigenvalue weighted by atomic mass is 10.0. The molecule has 5 rings (SSSR count). The average molecular weight is 477 g/mol. The van der Waals surface area contributed by atoms with Crippen LogP contribution in [0.3, 0.4) is 0 Å². The highest BCUT2D eigenvalue weighted by molar-refractivity contribution is 7.99. The molecule has 1 saturated heterocycles. The van der Waals surface area contributed by atoms with Crippen molar-refractivity contribution in [3.63, 3.8) is 0 Å². The fourth-order valence-electron chi connectivity index (χ4n) is 4.82. The van der Waals surface area contributed by atoms with Gasteiger partial charge in [-0.2, -0.15) is 11.8 Å². The summed E-state index contributed by atoms with van der Waals surface area (Å²) in [6.45, 7) is 2.21. The van der Waals surface area contributed by atoms with E-state index in [9.17, 15) is 9.18 Å². The summed E-state index contributed by atoms with van der Waals surface area (Å²) in [5.74, 6) is 2.06. The van der Waals surface area contributed by atoms with Gasteiger partial charge in [0, 0.05) is 48.9 Å². The van der Waals surface area contributed by atoms with Gasteiger partial charge in [0.15, 0.2) is 0 Å². The van der Waals surface area contributed by atoms with Gasteiger partial charge in [0.2, 0.25) is 5.95 Å². The third-order valence-electron chi connectivity index (χ3n) is 6.65. The van der Waals surface area contributed by atoms with E-state index >= 15 is 0 Å². The van der Waals surface area contributed by atoms with Crippen molar-refractivity contribution in [1.29, 1.82) is 0 Å². The van der Waals surface area contributed by atoms with E-state index in [-0.39, 0.29) is 17.8 Å².